The van der Waals surface area contributed by atoms with Crippen LogP contribution < -0.4 is 10.6 Å². The standard InChI is InChI=1S/C17H14F3N3O6S2/c1-10(24)21-11-3-2-4-12(7-11)22-16(25)9-30-15-6-5-13(8-14(15)23(26)27)31(28,29)17(18,19)20/h2-8H,9H2,1H3,(H,21,24)(H,22,25). The average Bonchev–Trinajstić information content (AvgIpc) is 2.65. The largest absolute Gasteiger partial charge is 0.501 e. The number of alkyl halides is 3. The third-order valence-corrected chi connectivity index (χ3v) is 6.11. The maximum absolute atomic E-state index is 12.7. The van der Waals surface area contributed by atoms with E-state index in [9.17, 15) is 41.3 Å². The number of benzene rings is 2. The summed E-state index contributed by atoms with van der Waals surface area (Å²) in [4.78, 5) is 31.9. The number of nitro groups is 1. The van der Waals surface area contributed by atoms with Crippen molar-refractivity contribution < 1.29 is 36.1 Å². The van der Waals surface area contributed by atoms with Gasteiger partial charge in [-0.25, -0.2) is 8.42 Å². The van der Waals surface area contributed by atoms with E-state index in [2.05, 4.69) is 10.6 Å². The van der Waals surface area contributed by atoms with Crippen LogP contribution in [0.5, 0.6) is 0 Å². The number of carbonyl (C=O) groups excluding carboxylic acids is 2. The van der Waals surface area contributed by atoms with Crippen LogP contribution in [0.1, 0.15) is 6.92 Å². The molecule has 0 atom stereocenters. The second-order valence-electron chi connectivity index (χ2n) is 5.93. The number of hydrogen-bond acceptors (Lipinski definition) is 7. The van der Waals surface area contributed by atoms with E-state index in [-0.39, 0.29) is 16.6 Å². The number of rotatable bonds is 7. The Morgan fingerprint density at radius 2 is 1.71 bits per heavy atom. The third kappa shape index (κ3) is 6.18. The molecule has 0 heterocycles. The van der Waals surface area contributed by atoms with Gasteiger partial charge >= 0.3 is 5.51 Å². The van der Waals surface area contributed by atoms with Gasteiger partial charge in [-0.15, -0.1) is 11.8 Å². The van der Waals surface area contributed by atoms with Crippen LogP contribution in [-0.2, 0) is 19.4 Å². The van der Waals surface area contributed by atoms with Crippen molar-refractivity contribution in [2.75, 3.05) is 16.4 Å². The van der Waals surface area contributed by atoms with Crippen molar-refractivity contribution in [2.24, 2.45) is 0 Å². The van der Waals surface area contributed by atoms with Gasteiger partial charge in [-0.2, -0.15) is 13.2 Å². The molecule has 2 aromatic carbocycles. The van der Waals surface area contributed by atoms with Crippen molar-refractivity contribution in [1.82, 2.24) is 0 Å². The minimum atomic E-state index is -5.76. The first-order chi connectivity index (χ1) is 14.3. The molecule has 0 radical (unpaired) electrons. The molecule has 166 valence electrons. The highest BCUT2D eigenvalue weighted by atomic mass is 32.2. The van der Waals surface area contributed by atoms with Crippen LogP contribution in [0, 0.1) is 10.1 Å². The Balaban J connectivity index is 2.15. The number of nitro benzene ring substituents is 1. The van der Waals surface area contributed by atoms with E-state index >= 15 is 0 Å². The lowest BCUT2D eigenvalue weighted by Gasteiger charge is -2.10. The minimum Gasteiger partial charge on any atom is -0.326 e. The van der Waals surface area contributed by atoms with Gasteiger partial charge in [0.2, 0.25) is 11.8 Å². The summed E-state index contributed by atoms with van der Waals surface area (Å²) in [6.45, 7) is 1.31. The molecule has 0 saturated carbocycles. The Morgan fingerprint density at radius 1 is 1.10 bits per heavy atom. The van der Waals surface area contributed by atoms with E-state index in [1.54, 1.807) is 12.1 Å². The van der Waals surface area contributed by atoms with Crippen LogP contribution in [0.3, 0.4) is 0 Å². The van der Waals surface area contributed by atoms with Crippen molar-refractivity contribution in [3.05, 3.63) is 52.6 Å². The molecule has 14 heteroatoms. The lowest BCUT2D eigenvalue weighted by atomic mass is 10.2. The van der Waals surface area contributed by atoms with Crippen molar-refractivity contribution in [1.29, 1.82) is 0 Å². The first-order valence-electron chi connectivity index (χ1n) is 8.21. The molecule has 2 rings (SSSR count). The summed E-state index contributed by atoms with van der Waals surface area (Å²) in [6.07, 6.45) is 0. The molecule has 0 fully saturated rings. The SMILES string of the molecule is CC(=O)Nc1cccc(NC(=O)CSc2ccc(S(=O)(=O)C(F)(F)F)cc2[N+](=O)[O-])c1. The van der Waals surface area contributed by atoms with E-state index in [1.165, 1.54) is 19.1 Å². The number of hydrogen-bond donors (Lipinski definition) is 2. The molecule has 0 unspecified atom stereocenters. The van der Waals surface area contributed by atoms with Gasteiger partial charge in [0, 0.05) is 24.4 Å². The highest BCUT2D eigenvalue weighted by molar-refractivity contribution is 8.00. The molecule has 0 aromatic heterocycles. The van der Waals surface area contributed by atoms with Gasteiger partial charge in [-0.05, 0) is 30.3 Å². The molecule has 0 aliphatic carbocycles. The number of nitrogens with one attached hydrogen (secondary N) is 2. The predicted molar refractivity (Wildman–Crippen MR) is 106 cm³/mol. The summed E-state index contributed by atoms with van der Waals surface area (Å²) < 4.78 is 60.9. The summed E-state index contributed by atoms with van der Waals surface area (Å²) >= 11 is 0.645. The van der Waals surface area contributed by atoms with Gasteiger partial charge in [-0.3, -0.25) is 19.7 Å². The van der Waals surface area contributed by atoms with Gasteiger partial charge < -0.3 is 10.6 Å². The lowest BCUT2D eigenvalue weighted by Crippen LogP contribution is -2.23. The fraction of sp³-hybridized carbons (Fsp3) is 0.176. The Morgan fingerprint density at radius 3 is 2.26 bits per heavy atom. The van der Waals surface area contributed by atoms with E-state index in [1.807, 2.05) is 0 Å². The Labute approximate surface area is 178 Å². The van der Waals surface area contributed by atoms with Gasteiger partial charge in [-0.1, -0.05) is 6.07 Å². The number of halogens is 3. The zero-order chi connectivity index (χ0) is 23.4. The summed E-state index contributed by atoms with van der Waals surface area (Å²) in [7, 11) is -5.76. The molecular weight excluding hydrogens is 463 g/mol. The second kappa shape index (κ2) is 9.34. The second-order valence-corrected chi connectivity index (χ2v) is 8.89. The minimum absolute atomic E-state index is 0.187. The van der Waals surface area contributed by atoms with E-state index in [0.717, 1.165) is 6.07 Å². The average molecular weight is 477 g/mol. The monoisotopic (exact) mass is 477 g/mol. The van der Waals surface area contributed by atoms with Crippen molar-refractivity contribution in [2.45, 2.75) is 22.2 Å². The van der Waals surface area contributed by atoms with Crippen LogP contribution >= 0.6 is 11.8 Å². The molecule has 2 aromatic rings. The number of nitrogens with zero attached hydrogens (tertiary/aromatic N) is 1. The van der Waals surface area contributed by atoms with Crippen LogP contribution in [0.2, 0.25) is 0 Å². The highest BCUT2D eigenvalue weighted by Gasteiger charge is 2.47. The molecule has 2 amide bonds. The zero-order valence-electron chi connectivity index (χ0n) is 15.6. The Bertz CT molecular complexity index is 1140. The topological polar surface area (TPSA) is 135 Å². The van der Waals surface area contributed by atoms with Crippen molar-refractivity contribution in [3.8, 4) is 0 Å². The van der Waals surface area contributed by atoms with E-state index < -0.39 is 36.8 Å². The smallest absolute Gasteiger partial charge is 0.326 e. The number of thioether (sulfide) groups is 1. The quantitative estimate of drug-likeness (QED) is 0.353. The number of anilines is 2. The number of sulfone groups is 1. The Kier molecular flexibility index (Phi) is 7.28. The fourth-order valence-electron chi connectivity index (χ4n) is 2.28. The Hall–Kier alpha value is -3.13. The maximum Gasteiger partial charge on any atom is 0.501 e. The van der Waals surface area contributed by atoms with Crippen LogP contribution in [-0.4, -0.2) is 36.4 Å². The van der Waals surface area contributed by atoms with Gasteiger partial charge in [0.1, 0.15) is 0 Å². The van der Waals surface area contributed by atoms with Gasteiger partial charge in [0.25, 0.3) is 15.5 Å². The zero-order valence-corrected chi connectivity index (χ0v) is 17.2. The van der Waals surface area contributed by atoms with E-state index in [0.29, 0.717) is 35.3 Å². The number of carbonyl (C=O) groups is 2. The lowest BCUT2D eigenvalue weighted by molar-refractivity contribution is -0.388. The molecule has 2 N–H and O–H groups in total. The van der Waals surface area contributed by atoms with Crippen LogP contribution in [0.25, 0.3) is 0 Å². The normalized spacial score (nSPS) is 11.6. The predicted octanol–water partition coefficient (Wildman–Crippen LogP) is 3.58. The summed E-state index contributed by atoms with van der Waals surface area (Å²) in [5.74, 6) is -1.26. The van der Waals surface area contributed by atoms with Crippen LogP contribution in [0.15, 0.2) is 52.3 Å². The summed E-state index contributed by atoms with van der Waals surface area (Å²) in [5, 5.41) is 16.2. The molecular formula is C17H14F3N3O6S2. The highest BCUT2D eigenvalue weighted by Crippen LogP contribution is 2.36. The van der Waals surface area contributed by atoms with Crippen LogP contribution in [0.4, 0.5) is 30.2 Å². The maximum atomic E-state index is 12.7. The summed E-state index contributed by atoms with van der Waals surface area (Å²) in [6, 6.07) is 7.90. The molecule has 0 saturated heterocycles. The van der Waals surface area contributed by atoms with Crippen molar-refractivity contribution in [3.63, 3.8) is 0 Å². The first kappa shape index (κ1) is 24.1. The summed E-state index contributed by atoms with van der Waals surface area (Å²) in [5.41, 5.74) is -5.73. The molecule has 31 heavy (non-hydrogen) atoms. The molecule has 9 nitrogen and oxygen atoms in total. The third-order valence-electron chi connectivity index (χ3n) is 3.57. The van der Waals surface area contributed by atoms with Gasteiger partial charge in [0.05, 0.1) is 20.5 Å². The number of amides is 2. The molecule has 0 bridgehead atoms. The fourth-order valence-corrected chi connectivity index (χ4v) is 3.87. The molecule has 0 aliphatic rings. The molecule has 0 aliphatic heterocycles. The van der Waals surface area contributed by atoms with Crippen molar-refractivity contribution >= 4 is 50.5 Å². The van der Waals surface area contributed by atoms with Gasteiger partial charge in [0.15, 0.2) is 0 Å². The van der Waals surface area contributed by atoms with E-state index in [4.69, 9.17) is 0 Å². The molecule has 0 spiro atoms. The first-order valence-corrected chi connectivity index (χ1v) is 10.7.